The zero-order valence-electron chi connectivity index (χ0n) is 18.3. The first-order chi connectivity index (χ1) is 15.7. The molecule has 32 heavy (non-hydrogen) atoms. The molecule has 166 valence electrons. The van der Waals surface area contributed by atoms with Crippen molar-refractivity contribution in [1.82, 2.24) is 14.8 Å². The SMILES string of the molecule is C=C1Nc2ncnn2[C@@H](c2ccc(OCCCCCC)cc2)[C@@H]1C(=O)Nc1ccccc1. The van der Waals surface area contributed by atoms with Gasteiger partial charge in [-0.3, -0.25) is 4.79 Å². The molecule has 0 saturated heterocycles. The molecule has 0 fully saturated rings. The van der Waals surface area contributed by atoms with E-state index in [0.29, 0.717) is 18.3 Å². The Labute approximate surface area is 188 Å². The summed E-state index contributed by atoms with van der Waals surface area (Å²) in [6, 6.07) is 16.9. The predicted molar refractivity (Wildman–Crippen MR) is 126 cm³/mol. The molecule has 2 heterocycles. The molecule has 2 aromatic carbocycles. The Morgan fingerprint density at radius 3 is 2.66 bits per heavy atom. The van der Waals surface area contributed by atoms with Gasteiger partial charge in [-0.25, -0.2) is 4.68 Å². The van der Waals surface area contributed by atoms with Crippen LogP contribution in [0, 0.1) is 5.92 Å². The minimum absolute atomic E-state index is 0.156. The Balaban J connectivity index is 1.55. The Kier molecular flexibility index (Phi) is 6.84. The zero-order valence-corrected chi connectivity index (χ0v) is 18.3. The molecule has 4 rings (SSSR count). The van der Waals surface area contributed by atoms with Gasteiger partial charge in [0.1, 0.15) is 18.0 Å². The van der Waals surface area contributed by atoms with Gasteiger partial charge in [-0.05, 0) is 36.2 Å². The molecule has 7 heteroatoms. The molecular formula is C25H29N5O2. The summed E-state index contributed by atoms with van der Waals surface area (Å²) in [6.07, 6.45) is 6.15. The average Bonchev–Trinajstić information content (AvgIpc) is 3.27. The normalized spacial score (nSPS) is 17.3. The van der Waals surface area contributed by atoms with Gasteiger partial charge in [0.05, 0.1) is 12.6 Å². The highest BCUT2D eigenvalue weighted by molar-refractivity contribution is 5.95. The maximum atomic E-state index is 13.3. The number of para-hydroxylation sites is 1. The molecule has 2 N–H and O–H groups in total. The van der Waals surface area contributed by atoms with E-state index in [1.54, 1.807) is 4.68 Å². The van der Waals surface area contributed by atoms with Gasteiger partial charge in [-0.1, -0.05) is 63.1 Å². The molecule has 1 aromatic heterocycles. The average molecular weight is 432 g/mol. The van der Waals surface area contributed by atoms with Crippen molar-refractivity contribution in [1.29, 1.82) is 0 Å². The van der Waals surface area contributed by atoms with E-state index in [0.717, 1.165) is 23.4 Å². The van der Waals surface area contributed by atoms with Crippen LogP contribution in [0.15, 0.2) is 73.2 Å². The molecule has 7 nitrogen and oxygen atoms in total. The molecular weight excluding hydrogens is 402 g/mol. The van der Waals surface area contributed by atoms with Crippen molar-refractivity contribution in [2.75, 3.05) is 17.2 Å². The van der Waals surface area contributed by atoms with Gasteiger partial charge in [0.2, 0.25) is 11.9 Å². The molecule has 0 bridgehead atoms. The van der Waals surface area contributed by atoms with E-state index in [9.17, 15) is 4.79 Å². The summed E-state index contributed by atoms with van der Waals surface area (Å²) >= 11 is 0. The smallest absolute Gasteiger partial charge is 0.235 e. The summed E-state index contributed by atoms with van der Waals surface area (Å²) in [7, 11) is 0. The maximum Gasteiger partial charge on any atom is 0.235 e. The third-order valence-corrected chi connectivity index (χ3v) is 5.61. The number of anilines is 2. The van der Waals surface area contributed by atoms with Crippen LogP contribution in [0.4, 0.5) is 11.6 Å². The van der Waals surface area contributed by atoms with E-state index in [2.05, 4.69) is 34.2 Å². The minimum Gasteiger partial charge on any atom is -0.494 e. The number of hydrogen-bond donors (Lipinski definition) is 2. The molecule has 0 unspecified atom stereocenters. The molecule has 1 aliphatic heterocycles. The Bertz CT molecular complexity index is 1050. The van der Waals surface area contributed by atoms with Crippen LogP contribution in [-0.4, -0.2) is 27.3 Å². The number of nitrogens with one attached hydrogen (secondary N) is 2. The minimum atomic E-state index is -0.565. The van der Waals surface area contributed by atoms with Gasteiger partial charge < -0.3 is 15.4 Å². The van der Waals surface area contributed by atoms with Crippen molar-refractivity contribution in [3.63, 3.8) is 0 Å². The third kappa shape index (κ3) is 4.82. The van der Waals surface area contributed by atoms with Crippen LogP contribution in [-0.2, 0) is 4.79 Å². The van der Waals surface area contributed by atoms with Crippen molar-refractivity contribution in [3.8, 4) is 5.75 Å². The molecule has 0 aliphatic carbocycles. The number of hydrogen-bond acceptors (Lipinski definition) is 5. The summed E-state index contributed by atoms with van der Waals surface area (Å²) in [4.78, 5) is 17.6. The van der Waals surface area contributed by atoms with Gasteiger partial charge in [-0.15, -0.1) is 0 Å². The van der Waals surface area contributed by atoms with Crippen LogP contribution >= 0.6 is 0 Å². The fourth-order valence-electron chi connectivity index (χ4n) is 3.95. The summed E-state index contributed by atoms with van der Waals surface area (Å²) in [5.74, 6) is 0.670. The quantitative estimate of drug-likeness (QED) is 0.465. The Hall–Kier alpha value is -3.61. The highest BCUT2D eigenvalue weighted by Crippen LogP contribution is 2.38. The molecule has 0 spiro atoms. The lowest BCUT2D eigenvalue weighted by Crippen LogP contribution is -2.39. The van der Waals surface area contributed by atoms with Crippen molar-refractivity contribution in [2.45, 2.75) is 38.6 Å². The lowest BCUT2D eigenvalue weighted by atomic mass is 9.88. The first kappa shape index (κ1) is 21.6. The standard InChI is InChI=1S/C25H29N5O2/c1-3-4-5-9-16-32-21-14-12-19(13-15-21)23-22(18(2)28-25-26-17-27-30(23)25)24(31)29-20-10-7-6-8-11-20/h6-8,10-15,17,22-23H,2-5,9,16H2,1H3,(H,29,31)(H,26,27,28)/t22-,23+/m1/s1. The molecule has 0 radical (unpaired) electrons. The number of carbonyl (C=O) groups is 1. The van der Waals surface area contributed by atoms with Crippen molar-refractivity contribution in [2.24, 2.45) is 5.92 Å². The van der Waals surface area contributed by atoms with Gasteiger partial charge >= 0.3 is 0 Å². The predicted octanol–water partition coefficient (Wildman–Crippen LogP) is 5.02. The van der Waals surface area contributed by atoms with Gasteiger partial charge in [0, 0.05) is 11.4 Å². The van der Waals surface area contributed by atoms with Crippen molar-refractivity contribution >= 4 is 17.5 Å². The molecule has 2 atom stereocenters. The zero-order chi connectivity index (χ0) is 22.3. The van der Waals surface area contributed by atoms with Crippen LogP contribution in [0.1, 0.15) is 44.2 Å². The molecule has 1 amide bonds. The second-order valence-corrected chi connectivity index (χ2v) is 7.93. The molecule has 1 aliphatic rings. The number of benzene rings is 2. The summed E-state index contributed by atoms with van der Waals surface area (Å²) < 4.78 is 7.62. The topological polar surface area (TPSA) is 81.1 Å². The lowest BCUT2D eigenvalue weighted by Gasteiger charge is -2.33. The monoisotopic (exact) mass is 431 g/mol. The summed E-state index contributed by atoms with van der Waals surface area (Å²) in [5, 5.41) is 10.5. The van der Waals surface area contributed by atoms with Crippen LogP contribution in [0.3, 0.4) is 0 Å². The van der Waals surface area contributed by atoms with Crippen LogP contribution in [0.2, 0.25) is 0 Å². The van der Waals surface area contributed by atoms with Crippen molar-refractivity contribution in [3.05, 3.63) is 78.8 Å². The van der Waals surface area contributed by atoms with E-state index in [4.69, 9.17) is 4.74 Å². The molecule has 0 saturated carbocycles. The Morgan fingerprint density at radius 1 is 1.12 bits per heavy atom. The van der Waals surface area contributed by atoms with E-state index in [-0.39, 0.29) is 11.9 Å². The maximum absolute atomic E-state index is 13.3. The highest BCUT2D eigenvalue weighted by Gasteiger charge is 2.39. The van der Waals surface area contributed by atoms with Crippen LogP contribution in [0.25, 0.3) is 0 Å². The number of aromatic nitrogens is 3. The van der Waals surface area contributed by atoms with E-state index >= 15 is 0 Å². The third-order valence-electron chi connectivity index (χ3n) is 5.61. The first-order valence-electron chi connectivity index (χ1n) is 11.1. The van der Waals surface area contributed by atoms with Crippen LogP contribution < -0.4 is 15.4 Å². The van der Waals surface area contributed by atoms with Gasteiger partial charge in [-0.2, -0.15) is 10.1 Å². The number of carbonyl (C=O) groups excluding carboxylic acids is 1. The Morgan fingerprint density at radius 2 is 1.91 bits per heavy atom. The number of unbranched alkanes of at least 4 members (excludes halogenated alkanes) is 3. The number of nitrogens with zero attached hydrogens (tertiary/aromatic N) is 3. The van der Waals surface area contributed by atoms with Crippen molar-refractivity contribution < 1.29 is 9.53 Å². The summed E-state index contributed by atoms with van der Waals surface area (Å²) in [5.41, 5.74) is 2.26. The molecule has 3 aromatic rings. The fraction of sp³-hybridized carbons (Fsp3) is 0.320. The fourth-order valence-corrected chi connectivity index (χ4v) is 3.95. The number of fused-ring (bicyclic) bond motifs is 1. The largest absolute Gasteiger partial charge is 0.494 e. The lowest BCUT2D eigenvalue weighted by molar-refractivity contribution is -0.119. The van der Waals surface area contributed by atoms with E-state index in [1.165, 1.54) is 25.6 Å². The number of ether oxygens (including phenoxy) is 1. The highest BCUT2D eigenvalue weighted by atomic mass is 16.5. The first-order valence-corrected chi connectivity index (χ1v) is 11.1. The second kappa shape index (κ2) is 10.1. The number of amides is 1. The van der Waals surface area contributed by atoms with E-state index < -0.39 is 5.92 Å². The number of rotatable bonds is 9. The summed E-state index contributed by atoms with van der Waals surface area (Å²) in [6.45, 7) is 7.02. The van der Waals surface area contributed by atoms with Gasteiger partial charge in [0.15, 0.2) is 0 Å². The second-order valence-electron chi connectivity index (χ2n) is 7.93. The van der Waals surface area contributed by atoms with Crippen LogP contribution in [0.5, 0.6) is 5.75 Å². The van der Waals surface area contributed by atoms with E-state index in [1.807, 2.05) is 54.6 Å². The van der Waals surface area contributed by atoms with Gasteiger partial charge in [0.25, 0.3) is 0 Å².